The Labute approximate surface area is 165 Å². The summed E-state index contributed by atoms with van der Waals surface area (Å²) in [7, 11) is 0. The van der Waals surface area contributed by atoms with E-state index in [0.717, 1.165) is 29.8 Å². The maximum atomic E-state index is 12.3. The van der Waals surface area contributed by atoms with E-state index in [1.54, 1.807) is 6.92 Å². The zero-order valence-electron chi connectivity index (χ0n) is 16.5. The van der Waals surface area contributed by atoms with Crippen LogP contribution in [-0.4, -0.2) is 35.7 Å². The molecule has 0 spiro atoms. The Morgan fingerprint density at radius 2 is 1.71 bits per heavy atom. The van der Waals surface area contributed by atoms with Crippen LogP contribution in [0.1, 0.15) is 37.8 Å². The average molecular weight is 379 g/mol. The molecule has 3 rings (SSSR count). The van der Waals surface area contributed by atoms with Crippen molar-refractivity contribution in [2.45, 2.75) is 27.2 Å². The molecule has 0 saturated carbocycles. The molecule has 146 valence electrons. The van der Waals surface area contributed by atoms with Crippen molar-refractivity contribution in [3.05, 3.63) is 54.4 Å². The van der Waals surface area contributed by atoms with Gasteiger partial charge in [-0.2, -0.15) is 0 Å². The van der Waals surface area contributed by atoms with E-state index in [9.17, 15) is 4.79 Å². The first kappa shape index (κ1) is 19.6. The number of fused-ring (bicyclic) bond motifs is 1. The van der Waals surface area contributed by atoms with E-state index >= 15 is 0 Å². The van der Waals surface area contributed by atoms with Crippen molar-refractivity contribution in [1.82, 2.24) is 9.97 Å². The Hall–Kier alpha value is -3.15. The van der Waals surface area contributed by atoms with Crippen molar-refractivity contribution in [1.29, 1.82) is 0 Å². The monoisotopic (exact) mass is 379 g/mol. The van der Waals surface area contributed by atoms with E-state index < -0.39 is 5.97 Å². The van der Waals surface area contributed by atoms with Crippen LogP contribution in [0.3, 0.4) is 0 Å². The summed E-state index contributed by atoms with van der Waals surface area (Å²) in [6.07, 6.45) is 0.917. The second-order valence-electron chi connectivity index (χ2n) is 6.19. The molecule has 0 bridgehead atoms. The topological polar surface area (TPSA) is 64.5 Å². The summed E-state index contributed by atoms with van der Waals surface area (Å²) in [4.78, 5) is 23.4. The van der Waals surface area contributed by atoms with Gasteiger partial charge in [-0.25, -0.2) is 14.8 Å². The number of ether oxygens (including phenoxy) is 2. The molecule has 0 aliphatic rings. The second-order valence-corrected chi connectivity index (χ2v) is 6.19. The number of hydrogen-bond acceptors (Lipinski definition) is 6. The van der Waals surface area contributed by atoms with Crippen LogP contribution in [0.25, 0.3) is 10.9 Å². The molecule has 6 heteroatoms. The molecule has 1 heterocycles. The number of para-hydroxylation sites is 1. The van der Waals surface area contributed by atoms with E-state index in [4.69, 9.17) is 9.47 Å². The molecule has 2 aromatic carbocycles. The smallest absolute Gasteiger partial charge is 0.376 e. The summed E-state index contributed by atoms with van der Waals surface area (Å²) < 4.78 is 10.7. The molecule has 0 atom stereocenters. The van der Waals surface area contributed by atoms with Gasteiger partial charge in [0.1, 0.15) is 11.6 Å². The van der Waals surface area contributed by atoms with Crippen LogP contribution < -0.4 is 9.64 Å². The molecule has 0 unspecified atom stereocenters. The van der Waals surface area contributed by atoms with Gasteiger partial charge in [0.15, 0.2) is 0 Å². The Balaban J connectivity index is 2.12. The van der Waals surface area contributed by atoms with E-state index in [-0.39, 0.29) is 12.4 Å². The molecule has 0 aliphatic heterocycles. The second kappa shape index (κ2) is 9.17. The van der Waals surface area contributed by atoms with Crippen LogP contribution in [0.4, 0.5) is 11.5 Å². The SMILES string of the molecule is CCCN(c1ccc(OCC)cc1)c1nc(C(=O)OCC)nc2ccccc12. The molecule has 1 aromatic heterocycles. The number of rotatable bonds is 8. The van der Waals surface area contributed by atoms with Crippen LogP contribution >= 0.6 is 0 Å². The zero-order chi connectivity index (χ0) is 19.9. The van der Waals surface area contributed by atoms with Crippen molar-refractivity contribution in [3.8, 4) is 5.75 Å². The fraction of sp³-hybridized carbons (Fsp3) is 0.318. The first-order chi connectivity index (χ1) is 13.7. The van der Waals surface area contributed by atoms with Crippen LogP contribution in [0.2, 0.25) is 0 Å². The number of carbonyl (C=O) groups excluding carboxylic acids is 1. The molecule has 6 nitrogen and oxygen atoms in total. The number of esters is 1. The molecular formula is C22H25N3O3. The lowest BCUT2D eigenvalue weighted by atomic mass is 10.2. The van der Waals surface area contributed by atoms with Crippen LogP contribution in [-0.2, 0) is 4.74 Å². The minimum Gasteiger partial charge on any atom is -0.494 e. The Bertz CT molecular complexity index is 941. The van der Waals surface area contributed by atoms with Crippen molar-refractivity contribution in [2.75, 3.05) is 24.7 Å². The maximum Gasteiger partial charge on any atom is 0.376 e. The number of anilines is 2. The summed E-state index contributed by atoms with van der Waals surface area (Å²) >= 11 is 0. The maximum absolute atomic E-state index is 12.3. The molecule has 3 aromatic rings. The summed E-state index contributed by atoms with van der Waals surface area (Å²) in [6, 6.07) is 15.6. The van der Waals surface area contributed by atoms with Gasteiger partial charge in [-0.3, -0.25) is 0 Å². The van der Waals surface area contributed by atoms with Crippen molar-refractivity contribution in [3.63, 3.8) is 0 Å². The first-order valence-electron chi connectivity index (χ1n) is 9.62. The Morgan fingerprint density at radius 1 is 0.964 bits per heavy atom. The lowest BCUT2D eigenvalue weighted by Gasteiger charge is -2.25. The molecule has 0 fully saturated rings. The number of aromatic nitrogens is 2. The minimum atomic E-state index is -0.516. The normalized spacial score (nSPS) is 10.7. The molecule has 0 aliphatic carbocycles. The van der Waals surface area contributed by atoms with Crippen molar-refractivity contribution >= 4 is 28.4 Å². The number of nitrogens with zero attached hydrogens (tertiary/aromatic N) is 3. The Morgan fingerprint density at radius 3 is 2.39 bits per heavy atom. The largest absolute Gasteiger partial charge is 0.494 e. The fourth-order valence-corrected chi connectivity index (χ4v) is 3.02. The molecule has 0 radical (unpaired) electrons. The third-order valence-corrected chi connectivity index (χ3v) is 4.20. The van der Waals surface area contributed by atoms with Crippen molar-refractivity contribution < 1.29 is 14.3 Å². The van der Waals surface area contributed by atoms with Gasteiger partial charge in [0.2, 0.25) is 5.82 Å². The predicted octanol–water partition coefficient (Wildman–Crippen LogP) is 4.75. The third-order valence-electron chi connectivity index (χ3n) is 4.20. The van der Waals surface area contributed by atoms with E-state index in [0.29, 0.717) is 17.9 Å². The Kier molecular flexibility index (Phi) is 6.42. The average Bonchev–Trinajstić information content (AvgIpc) is 2.72. The van der Waals surface area contributed by atoms with Gasteiger partial charge in [-0.05, 0) is 56.7 Å². The highest BCUT2D eigenvalue weighted by Gasteiger charge is 2.19. The highest BCUT2D eigenvalue weighted by molar-refractivity contribution is 5.95. The molecule has 28 heavy (non-hydrogen) atoms. The van der Waals surface area contributed by atoms with Gasteiger partial charge in [0.25, 0.3) is 0 Å². The summed E-state index contributed by atoms with van der Waals surface area (Å²) in [5.74, 6) is 1.07. The summed E-state index contributed by atoms with van der Waals surface area (Å²) in [6.45, 7) is 7.48. The van der Waals surface area contributed by atoms with Gasteiger partial charge in [0, 0.05) is 17.6 Å². The van der Waals surface area contributed by atoms with Gasteiger partial charge in [0.05, 0.1) is 18.7 Å². The molecule has 0 saturated heterocycles. The fourth-order valence-electron chi connectivity index (χ4n) is 3.02. The van der Waals surface area contributed by atoms with E-state index in [1.165, 1.54) is 0 Å². The quantitative estimate of drug-likeness (QED) is 0.526. The third kappa shape index (κ3) is 4.22. The predicted molar refractivity (Wildman–Crippen MR) is 110 cm³/mol. The standard InChI is InChI=1S/C22H25N3O3/c1-4-15-25(16-11-13-17(14-12-16)27-5-2)21-18-9-7-8-10-19(18)23-20(24-21)22(26)28-6-3/h7-14H,4-6,15H2,1-3H3. The number of hydrogen-bond donors (Lipinski definition) is 0. The summed E-state index contributed by atoms with van der Waals surface area (Å²) in [5, 5.41) is 0.887. The highest BCUT2D eigenvalue weighted by Crippen LogP contribution is 2.31. The highest BCUT2D eigenvalue weighted by atomic mass is 16.5. The van der Waals surface area contributed by atoms with Crippen LogP contribution in [0.5, 0.6) is 5.75 Å². The summed E-state index contributed by atoms with van der Waals surface area (Å²) in [5.41, 5.74) is 1.69. The van der Waals surface area contributed by atoms with E-state index in [2.05, 4.69) is 21.8 Å². The van der Waals surface area contributed by atoms with Gasteiger partial charge in [-0.15, -0.1) is 0 Å². The molecule has 0 amide bonds. The lowest BCUT2D eigenvalue weighted by Crippen LogP contribution is -2.21. The van der Waals surface area contributed by atoms with Gasteiger partial charge in [-0.1, -0.05) is 19.1 Å². The lowest BCUT2D eigenvalue weighted by molar-refractivity contribution is 0.0512. The number of benzene rings is 2. The van der Waals surface area contributed by atoms with E-state index in [1.807, 2.05) is 55.5 Å². The first-order valence-corrected chi connectivity index (χ1v) is 9.62. The molecule has 0 N–H and O–H groups in total. The van der Waals surface area contributed by atoms with Crippen LogP contribution in [0, 0.1) is 0 Å². The van der Waals surface area contributed by atoms with Gasteiger partial charge >= 0.3 is 5.97 Å². The number of carbonyl (C=O) groups is 1. The zero-order valence-corrected chi connectivity index (χ0v) is 16.5. The minimum absolute atomic E-state index is 0.0718. The molecular weight excluding hydrogens is 354 g/mol. The van der Waals surface area contributed by atoms with Gasteiger partial charge < -0.3 is 14.4 Å². The van der Waals surface area contributed by atoms with Crippen molar-refractivity contribution in [2.24, 2.45) is 0 Å². The van der Waals surface area contributed by atoms with Crippen LogP contribution in [0.15, 0.2) is 48.5 Å².